The topological polar surface area (TPSA) is 106 Å². The van der Waals surface area contributed by atoms with Gasteiger partial charge in [-0.25, -0.2) is 4.39 Å². The number of carbonyl (C=O) groups excluding carboxylic acids is 1. The summed E-state index contributed by atoms with van der Waals surface area (Å²) in [5, 5.41) is 10.7. The summed E-state index contributed by atoms with van der Waals surface area (Å²) in [6, 6.07) is 11.1. The van der Waals surface area contributed by atoms with Gasteiger partial charge >= 0.3 is 0 Å². The van der Waals surface area contributed by atoms with Gasteiger partial charge < -0.3 is 19.8 Å². The molecule has 166 valence electrons. The molecule has 1 heterocycles. The van der Waals surface area contributed by atoms with Crippen molar-refractivity contribution in [3.63, 3.8) is 0 Å². The molecule has 0 fully saturated rings. The van der Waals surface area contributed by atoms with Gasteiger partial charge in [0.15, 0.2) is 17.3 Å². The Hall–Kier alpha value is -4.01. The fourth-order valence-electron chi connectivity index (χ4n) is 2.90. The lowest BCUT2D eigenvalue weighted by molar-refractivity contribution is -0.121. The summed E-state index contributed by atoms with van der Waals surface area (Å²) in [5.41, 5.74) is 0.958. The lowest BCUT2D eigenvalue weighted by Crippen LogP contribution is -2.25. The molecule has 0 bridgehead atoms. The highest BCUT2D eigenvalue weighted by Gasteiger charge is 2.12. The van der Waals surface area contributed by atoms with Crippen LogP contribution in [-0.2, 0) is 17.8 Å². The number of halogens is 1. The van der Waals surface area contributed by atoms with Crippen LogP contribution in [-0.4, -0.2) is 34.8 Å². The lowest BCUT2D eigenvalue weighted by atomic mass is 10.2. The number of aromatic amines is 1. The minimum absolute atomic E-state index is 0.0512. The molecule has 0 saturated carbocycles. The molecule has 32 heavy (non-hydrogen) atoms. The average Bonchev–Trinajstić information content (AvgIpc) is 2.80. The Balaban J connectivity index is 1.62. The predicted molar refractivity (Wildman–Crippen MR) is 117 cm³/mol. The SMILES string of the molecule is C=CCOc1ccc(-c2nnc(CCC(=O)NCc3cccc(F)c3)c(=O)[nH]2)cc1OC. The molecule has 9 heteroatoms. The third-order valence-corrected chi connectivity index (χ3v) is 4.53. The predicted octanol–water partition coefficient (Wildman–Crippen LogP) is 2.79. The first-order valence-electron chi connectivity index (χ1n) is 9.89. The number of rotatable bonds is 10. The van der Waals surface area contributed by atoms with E-state index in [-0.39, 0.29) is 42.6 Å². The summed E-state index contributed by atoms with van der Waals surface area (Å²) in [4.78, 5) is 27.1. The highest BCUT2D eigenvalue weighted by molar-refractivity contribution is 5.76. The molecule has 8 nitrogen and oxygen atoms in total. The van der Waals surface area contributed by atoms with E-state index in [0.717, 1.165) is 0 Å². The fourth-order valence-corrected chi connectivity index (χ4v) is 2.90. The molecule has 3 aromatic rings. The number of methoxy groups -OCH3 is 1. The van der Waals surface area contributed by atoms with Crippen molar-refractivity contribution in [2.24, 2.45) is 0 Å². The number of H-pyrrole nitrogens is 1. The van der Waals surface area contributed by atoms with Gasteiger partial charge in [0, 0.05) is 24.9 Å². The van der Waals surface area contributed by atoms with Crippen molar-refractivity contribution in [3.8, 4) is 22.9 Å². The Kier molecular flexibility index (Phi) is 7.69. The van der Waals surface area contributed by atoms with E-state index >= 15 is 0 Å². The smallest absolute Gasteiger partial charge is 0.273 e. The van der Waals surface area contributed by atoms with Gasteiger partial charge in [-0.1, -0.05) is 24.8 Å². The summed E-state index contributed by atoms with van der Waals surface area (Å²) >= 11 is 0. The second-order valence-electron chi connectivity index (χ2n) is 6.82. The summed E-state index contributed by atoms with van der Waals surface area (Å²) in [6.45, 7) is 4.14. The van der Waals surface area contributed by atoms with Crippen molar-refractivity contribution < 1.29 is 18.7 Å². The molecule has 0 aliphatic heterocycles. The molecule has 0 saturated heterocycles. The number of aryl methyl sites for hydroxylation is 1. The molecule has 0 spiro atoms. The number of nitrogens with one attached hydrogen (secondary N) is 2. The molecule has 0 unspecified atom stereocenters. The van der Waals surface area contributed by atoms with Gasteiger partial charge in [-0.2, -0.15) is 0 Å². The van der Waals surface area contributed by atoms with Crippen molar-refractivity contribution in [1.82, 2.24) is 20.5 Å². The van der Waals surface area contributed by atoms with Gasteiger partial charge in [0.05, 0.1) is 7.11 Å². The number of hydrogen-bond acceptors (Lipinski definition) is 6. The Morgan fingerprint density at radius 1 is 1.22 bits per heavy atom. The second kappa shape index (κ2) is 10.9. The molecular weight excluding hydrogens is 415 g/mol. The Morgan fingerprint density at radius 3 is 2.78 bits per heavy atom. The minimum Gasteiger partial charge on any atom is -0.493 e. The monoisotopic (exact) mass is 438 g/mol. The van der Waals surface area contributed by atoms with E-state index in [1.54, 1.807) is 36.4 Å². The van der Waals surface area contributed by atoms with Crippen LogP contribution in [0.4, 0.5) is 4.39 Å². The summed E-state index contributed by atoms with van der Waals surface area (Å²) in [6.07, 6.45) is 1.79. The number of amides is 1. The molecule has 0 aliphatic carbocycles. The van der Waals surface area contributed by atoms with Gasteiger partial charge in [-0.3, -0.25) is 9.59 Å². The van der Waals surface area contributed by atoms with Gasteiger partial charge in [0.25, 0.3) is 5.56 Å². The van der Waals surface area contributed by atoms with Crippen LogP contribution in [0.5, 0.6) is 11.5 Å². The minimum atomic E-state index is -0.432. The summed E-state index contributed by atoms with van der Waals surface area (Å²) < 4.78 is 24.0. The van der Waals surface area contributed by atoms with Crippen molar-refractivity contribution in [3.05, 3.63) is 82.5 Å². The van der Waals surface area contributed by atoms with Crippen LogP contribution >= 0.6 is 0 Å². The van der Waals surface area contributed by atoms with Crippen LogP contribution in [0, 0.1) is 5.82 Å². The van der Waals surface area contributed by atoms with E-state index in [9.17, 15) is 14.0 Å². The highest BCUT2D eigenvalue weighted by Crippen LogP contribution is 2.31. The first kappa shape index (κ1) is 22.7. The standard InChI is InChI=1S/C23H23FN4O4/c1-3-11-32-19-9-7-16(13-20(19)31-2)22-26-23(30)18(27-28-22)8-10-21(29)25-14-15-5-4-6-17(24)12-15/h3-7,9,12-13H,1,8,10-11,14H2,2H3,(H,25,29)(H,26,28,30). The van der Waals surface area contributed by atoms with E-state index in [1.807, 2.05) is 0 Å². The molecule has 1 aromatic heterocycles. The normalized spacial score (nSPS) is 10.4. The maximum absolute atomic E-state index is 13.2. The number of aromatic nitrogens is 3. The lowest BCUT2D eigenvalue weighted by Gasteiger charge is -2.10. The van der Waals surface area contributed by atoms with Crippen molar-refractivity contribution >= 4 is 5.91 Å². The number of benzene rings is 2. The first-order chi connectivity index (χ1) is 15.5. The van der Waals surface area contributed by atoms with Gasteiger partial charge in [0.2, 0.25) is 5.91 Å². The van der Waals surface area contributed by atoms with Crippen LogP contribution in [0.2, 0.25) is 0 Å². The van der Waals surface area contributed by atoms with Gasteiger partial charge in [0.1, 0.15) is 18.1 Å². The van der Waals surface area contributed by atoms with E-state index in [4.69, 9.17) is 9.47 Å². The van der Waals surface area contributed by atoms with Gasteiger partial charge in [-0.05, 0) is 35.9 Å². The quantitative estimate of drug-likeness (QED) is 0.472. The molecular formula is C23H23FN4O4. The number of carbonyl (C=O) groups is 1. The van der Waals surface area contributed by atoms with Crippen LogP contribution in [0.1, 0.15) is 17.7 Å². The van der Waals surface area contributed by atoms with E-state index in [1.165, 1.54) is 19.2 Å². The van der Waals surface area contributed by atoms with E-state index in [2.05, 4.69) is 27.1 Å². The van der Waals surface area contributed by atoms with Crippen molar-refractivity contribution in [2.45, 2.75) is 19.4 Å². The fraction of sp³-hybridized carbons (Fsp3) is 0.217. The highest BCUT2D eigenvalue weighted by atomic mass is 19.1. The third kappa shape index (κ3) is 6.00. The van der Waals surface area contributed by atoms with E-state index in [0.29, 0.717) is 29.2 Å². The number of hydrogen-bond donors (Lipinski definition) is 2. The van der Waals surface area contributed by atoms with E-state index < -0.39 is 5.56 Å². The largest absolute Gasteiger partial charge is 0.493 e. The average molecular weight is 438 g/mol. The molecule has 3 rings (SSSR count). The second-order valence-corrected chi connectivity index (χ2v) is 6.82. The number of ether oxygens (including phenoxy) is 2. The van der Waals surface area contributed by atoms with Crippen LogP contribution in [0.15, 0.2) is 59.9 Å². The molecule has 0 aliphatic rings. The van der Waals surface area contributed by atoms with Crippen LogP contribution in [0.25, 0.3) is 11.4 Å². The van der Waals surface area contributed by atoms with Crippen molar-refractivity contribution in [2.75, 3.05) is 13.7 Å². The Bertz CT molecular complexity index is 1160. The molecule has 2 aromatic carbocycles. The zero-order valence-corrected chi connectivity index (χ0v) is 17.6. The van der Waals surface area contributed by atoms with Crippen LogP contribution < -0.4 is 20.3 Å². The maximum atomic E-state index is 13.2. The maximum Gasteiger partial charge on any atom is 0.273 e. The summed E-state index contributed by atoms with van der Waals surface area (Å²) in [7, 11) is 1.51. The molecule has 0 atom stereocenters. The number of nitrogens with zero attached hydrogens (tertiary/aromatic N) is 2. The molecule has 2 N–H and O–H groups in total. The summed E-state index contributed by atoms with van der Waals surface area (Å²) in [5.74, 6) is 0.635. The first-order valence-corrected chi connectivity index (χ1v) is 9.89. The zero-order valence-electron chi connectivity index (χ0n) is 17.6. The third-order valence-electron chi connectivity index (χ3n) is 4.53. The Labute approximate surface area is 184 Å². The molecule has 1 amide bonds. The zero-order chi connectivity index (χ0) is 22.9. The van der Waals surface area contributed by atoms with Crippen LogP contribution in [0.3, 0.4) is 0 Å². The molecule has 0 radical (unpaired) electrons. The van der Waals surface area contributed by atoms with Gasteiger partial charge in [-0.15, -0.1) is 10.2 Å². The Morgan fingerprint density at radius 2 is 2.06 bits per heavy atom. The van der Waals surface area contributed by atoms with Crippen molar-refractivity contribution in [1.29, 1.82) is 0 Å².